The molecule has 0 spiro atoms. The second-order valence-corrected chi connectivity index (χ2v) is 5.05. The van der Waals surface area contributed by atoms with Gasteiger partial charge in [-0.2, -0.15) is 10.5 Å². The first-order valence-corrected chi connectivity index (χ1v) is 6.89. The van der Waals surface area contributed by atoms with Gasteiger partial charge in [0.15, 0.2) is 12.2 Å². The number of rotatable bonds is 2. The summed E-state index contributed by atoms with van der Waals surface area (Å²) in [4.78, 5) is 0. The van der Waals surface area contributed by atoms with E-state index in [1.54, 1.807) is 60.7 Å². The molecule has 0 saturated heterocycles. The summed E-state index contributed by atoms with van der Waals surface area (Å²) in [5.41, 5.74) is 1.06. The summed E-state index contributed by atoms with van der Waals surface area (Å²) >= 11 is 11.3. The van der Waals surface area contributed by atoms with Crippen molar-refractivity contribution in [3.63, 3.8) is 0 Å². The first-order chi connectivity index (χ1) is 10.5. The molecule has 0 heterocycles. The summed E-state index contributed by atoms with van der Waals surface area (Å²) < 4.78 is 0. The molecule has 0 bridgehead atoms. The van der Waals surface area contributed by atoms with E-state index in [1.807, 2.05) is 0 Å². The molecule has 4 nitrogen and oxygen atoms in total. The van der Waals surface area contributed by atoms with Crippen molar-refractivity contribution in [2.45, 2.75) is 12.2 Å². The number of aliphatic hydroxyl groups is 2. The molecule has 2 aromatic rings. The van der Waals surface area contributed by atoms with E-state index in [2.05, 4.69) is 0 Å². The molecule has 2 aromatic carbocycles. The molecule has 0 radical (unpaired) electrons. The number of halogens is 2. The van der Waals surface area contributed by atoms with Gasteiger partial charge in [-0.25, -0.2) is 0 Å². The zero-order valence-electron chi connectivity index (χ0n) is 11.3. The van der Waals surface area contributed by atoms with Gasteiger partial charge in [0.1, 0.15) is 0 Å². The molecule has 22 heavy (non-hydrogen) atoms. The summed E-state index contributed by atoms with van der Waals surface area (Å²) in [5.74, 6) is 0. The second-order valence-electron chi connectivity index (χ2n) is 4.17. The van der Waals surface area contributed by atoms with Crippen LogP contribution in [0.5, 0.6) is 0 Å². The minimum Gasteiger partial charge on any atom is -0.374 e. The lowest BCUT2D eigenvalue weighted by molar-refractivity contribution is 0.235. The van der Waals surface area contributed by atoms with Gasteiger partial charge < -0.3 is 10.2 Å². The van der Waals surface area contributed by atoms with Gasteiger partial charge in [0.2, 0.25) is 0 Å². The minimum absolute atomic E-state index is 0.525. The normalized spacial score (nSPS) is 12.1. The summed E-state index contributed by atoms with van der Waals surface area (Å²) in [5, 5.41) is 35.8. The zero-order valence-corrected chi connectivity index (χ0v) is 12.8. The largest absolute Gasteiger partial charge is 0.374 e. The summed E-state index contributed by atoms with van der Waals surface area (Å²) in [6, 6.07) is 16.6. The highest BCUT2D eigenvalue weighted by atomic mass is 35.5. The lowest BCUT2D eigenvalue weighted by Crippen LogP contribution is -1.91. The Bertz CT molecular complexity index is 646. The van der Waals surface area contributed by atoms with Gasteiger partial charge in [0, 0.05) is 10.0 Å². The molecule has 0 amide bonds. The Hall–Kier alpha value is -2.08. The van der Waals surface area contributed by atoms with Crippen molar-refractivity contribution in [3.8, 4) is 12.1 Å². The average molecular weight is 335 g/mol. The van der Waals surface area contributed by atoms with Crippen molar-refractivity contribution in [1.29, 1.82) is 10.5 Å². The lowest BCUT2D eigenvalue weighted by atomic mass is 10.1. The van der Waals surface area contributed by atoms with Gasteiger partial charge in [0.05, 0.1) is 12.1 Å². The molecule has 2 N–H and O–H groups in total. The summed E-state index contributed by atoms with van der Waals surface area (Å²) in [6.07, 6.45) is -2.15. The highest BCUT2D eigenvalue weighted by Gasteiger charge is 2.04. The van der Waals surface area contributed by atoms with Crippen molar-refractivity contribution >= 4 is 23.2 Å². The van der Waals surface area contributed by atoms with Crippen molar-refractivity contribution < 1.29 is 10.2 Å². The number of hydrogen-bond acceptors (Lipinski definition) is 4. The maximum absolute atomic E-state index is 9.03. The topological polar surface area (TPSA) is 88.0 Å². The Morgan fingerprint density at radius 1 is 0.773 bits per heavy atom. The second kappa shape index (κ2) is 9.04. The maximum Gasteiger partial charge on any atom is 0.165 e. The molecule has 2 rings (SSSR count). The Morgan fingerprint density at radius 2 is 1.14 bits per heavy atom. The van der Waals surface area contributed by atoms with E-state index < -0.39 is 12.2 Å². The highest BCUT2D eigenvalue weighted by molar-refractivity contribution is 6.30. The van der Waals surface area contributed by atoms with E-state index in [-0.39, 0.29) is 0 Å². The molecule has 0 aromatic heterocycles. The van der Waals surface area contributed by atoms with Crippen LogP contribution >= 0.6 is 23.2 Å². The predicted molar refractivity (Wildman–Crippen MR) is 84.0 cm³/mol. The molecule has 112 valence electrons. The highest BCUT2D eigenvalue weighted by Crippen LogP contribution is 2.17. The maximum atomic E-state index is 9.03. The third-order valence-corrected chi connectivity index (χ3v) is 3.04. The van der Waals surface area contributed by atoms with Crippen LogP contribution in [0.15, 0.2) is 48.5 Å². The third kappa shape index (κ3) is 5.73. The van der Waals surface area contributed by atoms with Gasteiger partial charge in [0.25, 0.3) is 0 Å². The van der Waals surface area contributed by atoms with E-state index in [4.69, 9.17) is 43.9 Å². The van der Waals surface area contributed by atoms with E-state index in [1.165, 1.54) is 0 Å². The Balaban J connectivity index is 0.000000220. The summed E-state index contributed by atoms with van der Waals surface area (Å²) in [7, 11) is 0. The molecular weight excluding hydrogens is 323 g/mol. The van der Waals surface area contributed by atoms with Crippen molar-refractivity contribution in [2.75, 3.05) is 0 Å². The summed E-state index contributed by atoms with van der Waals surface area (Å²) in [6.45, 7) is 0. The van der Waals surface area contributed by atoms with Crippen molar-refractivity contribution in [3.05, 3.63) is 69.7 Å². The first-order valence-electron chi connectivity index (χ1n) is 6.14. The Kier molecular flexibility index (Phi) is 7.39. The number of hydrogen-bond donors (Lipinski definition) is 2. The van der Waals surface area contributed by atoms with Gasteiger partial charge >= 0.3 is 0 Å². The minimum atomic E-state index is -1.08. The average Bonchev–Trinajstić information content (AvgIpc) is 2.54. The van der Waals surface area contributed by atoms with E-state index in [0.717, 1.165) is 0 Å². The Labute approximate surface area is 138 Å². The van der Waals surface area contributed by atoms with E-state index in [0.29, 0.717) is 21.2 Å². The molecule has 0 aliphatic carbocycles. The standard InChI is InChI=1S/2C8H6ClNO/c2*9-7-3-1-2-6(4-7)8(11)5-10/h2*1-4,8,11H. The van der Waals surface area contributed by atoms with E-state index >= 15 is 0 Å². The molecule has 2 unspecified atom stereocenters. The molecule has 0 aliphatic heterocycles. The fourth-order valence-electron chi connectivity index (χ4n) is 1.50. The molecule has 0 aliphatic rings. The third-order valence-electron chi connectivity index (χ3n) is 2.57. The number of nitrogens with zero attached hydrogens (tertiary/aromatic N) is 2. The predicted octanol–water partition coefficient (Wildman–Crippen LogP) is 3.79. The van der Waals surface area contributed by atoms with Crippen LogP contribution in [0.4, 0.5) is 0 Å². The van der Waals surface area contributed by atoms with Crippen LogP contribution in [0.3, 0.4) is 0 Å². The van der Waals surface area contributed by atoms with Crippen molar-refractivity contribution in [2.24, 2.45) is 0 Å². The number of aliphatic hydroxyl groups excluding tert-OH is 2. The smallest absolute Gasteiger partial charge is 0.165 e. The Morgan fingerprint density at radius 3 is 1.41 bits per heavy atom. The van der Waals surface area contributed by atoms with Crippen LogP contribution in [0.1, 0.15) is 23.3 Å². The van der Waals surface area contributed by atoms with Crippen LogP contribution in [-0.4, -0.2) is 10.2 Å². The number of benzene rings is 2. The first kappa shape index (κ1) is 18.0. The molecule has 0 saturated carbocycles. The van der Waals surface area contributed by atoms with Crippen LogP contribution in [-0.2, 0) is 0 Å². The van der Waals surface area contributed by atoms with Crippen LogP contribution in [0.25, 0.3) is 0 Å². The monoisotopic (exact) mass is 334 g/mol. The molecule has 2 atom stereocenters. The van der Waals surface area contributed by atoms with Gasteiger partial charge in [-0.05, 0) is 35.4 Å². The van der Waals surface area contributed by atoms with Gasteiger partial charge in [-0.15, -0.1) is 0 Å². The molecule has 6 heteroatoms. The fourth-order valence-corrected chi connectivity index (χ4v) is 1.90. The SMILES string of the molecule is N#CC(O)c1cccc(Cl)c1.N#CC(O)c1cccc(Cl)c1. The van der Waals surface area contributed by atoms with Gasteiger partial charge in [-0.3, -0.25) is 0 Å². The van der Waals surface area contributed by atoms with Crippen molar-refractivity contribution in [1.82, 2.24) is 0 Å². The van der Waals surface area contributed by atoms with E-state index in [9.17, 15) is 0 Å². The quantitative estimate of drug-likeness (QED) is 0.817. The molecule has 0 fully saturated rings. The van der Waals surface area contributed by atoms with Crippen LogP contribution < -0.4 is 0 Å². The van der Waals surface area contributed by atoms with Crippen LogP contribution in [0, 0.1) is 22.7 Å². The zero-order chi connectivity index (χ0) is 16.5. The lowest BCUT2D eigenvalue weighted by Gasteiger charge is -2.00. The fraction of sp³-hybridized carbons (Fsp3) is 0.125. The van der Waals surface area contributed by atoms with Crippen LogP contribution in [0.2, 0.25) is 10.0 Å². The van der Waals surface area contributed by atoms with Gasteiger partial charge in [-0.1, -0.05) is 47.5 Å². The number of nitriles is 2. The molecular formula is C16H12Cl2N2O2.